The summed E-state index contributed by atoms with van der Waals surface area (Å²) in [6.07, 6.45) is 2.93. The number of aromatic nitrogens is 1. The smallest absolute Gasteiger partial charge is 0.270 e. The van der Waals surface area contributed by atoms with Crippen LogP contribution in [0.5, 0.6) is 0 Å². The highest BCUT2D eigenvalue weighted by atomic mass is 16.5. The van der Waals surface area contributed by atoms with Gasteiger partial charge in [0.1, 0.15) is 31.0 Å². The van der Waals surface area contributed by atoms with Crippen molar-refractivity contribution in [2.45, 2.75) is 38.0 Å². The number of hydrogen-bond acceptors (Lipinski definition) is 3. The van der Waals surface area contributed by atoms with Crippen molar-refractivity contribution in [3.8, 4) is 0 Å². The molecule has 1 aromatic heterocycles. The molecule has 3 N–H and O–H groups in total. The van der Waals surface area contributed by atoms with E-state index < -0.39 is 6.10 Å². The van der Waals surface area contributed by atoms with E-state index in [1.807, 2.05) is 29.8 Å². The lowest BCUT2D eigenvalue weighted by Crippen LogP contribution is -2.88. The Morgan fingerprint density at radius 1 is 1.38 bits per heavy atom. The van der Waals surface area contributed by atoms with Crippen LogP contribution in [0.15, 0.2) is 24.3 Å². The minimum atomic E-state index is -0.503. The number of carbonyl (C=O) groups is 1. The number of aliphatic hydroxyl groups is 1. The molecule has 4 rings (SSSR count). The first-order valence-corrected chi connectivity index (χ1v) is 9.62. The topological polar surface area (TPSA) is 71.3 Å². The van der Waals surface area contributed by atoms with Crippen LogP contribution < -0.4 is 5.32 Å². The van der Waals surface area contributed by atoms with E-state index in [-0.39, 0.29) is 5.91 Å². The number of hydrogen-bond donors (Lipinski definition) is 2. The number of para-hydroxylation sites is 1. The molecule has 6 nitrogen and oxygen atoms in total. The average molecular weight is 358 g/mol. The van der Waals surface area contributed by atoms with Crippen molar-refractivity contribution in [3.63, 3.8) is 0 Å². The summed E-state index contributed by atoms with van der Waals surface area (Å²) in [6, 6.07) is 8.14. The third-order valence-electron chi connectivity index (χ3n) is 5.61. The summed E-state index contributed by atoms with van der Waals surface area (Å²) in [7, 11) is 1.85. The van der Waals surface area contributed by atoms with E-state index in [4.69, 9.17) is 4.74 Å². The fraction of sp³-hybridized carbons (Fsp3) is 0.550. The van der Waals surface area contributed by atoms with Gasteiger partial charge in [-0.3, -0.25) is 4.79 Å². The van der Waals surface area contributed by atoms with Gasteiger partial charge in [-0.05, 0) is 30.9 Å². The van der Waals surface area contributed by atoms with E-state index in [9.17, 15) is 9.90 Å². The highest BCUT2D eigenvalue weighted by Crippen LogP contribution is 2.30. The van der Waals surface area contributed by atoms with Crippen LogP contribution in [0.4, 0.5) is 0 Å². The minimum absolute atomic E-state index is 0.0537. The number of nitrogens with two attached hydrogens (primary N) is 1. The second kappa shape index (κ2) is 7.39. The molecule has 1 amide bonds. The van der Waals surface area contributed by atoms with Gasteiger partial charge >= 0.3 is 0 Å². The Bertz CT molecular complexity index is 795. The molecular formula is C20H28N3O3+. The maximum atomic E-state index is 12.8. The lowest BCUT2D eigenvalue weighted by atomic mass is 10.0. The summed E-state index contributed by atoms with van der Waals surface area (Å²) in [5.74, 6) is 0.0537. The first kappa shape index (κ1) is 17.5. The maximum Gasteiger partial charge on any atom is 0.270 e. The molecule has 2 aliphatic heterocycles. The van der Waals surface area contributed by atoms with Crippen LogP contribution >= 0.6 is 0 Å². The van der Waals surface area contributed by atoms with Crippen LogP contribution in [-0.4, -0.2) is 66.0 Å². The number of aliphatic hydroxyl groups excluding tert-OH is 1. The summed E-state index contributed by atoms with van der Waals surface area (Å²) in [5.41, 5.74) is 2.91. The second-order valence-corrected chi connectivity index (χ2v) is 7.48. The Hall–Kier alpha value is -1.89. The fourth-order valence-corrected chi connectivity index (χ4v) is 4.21. The molecule has 2 aromatic rings. The lowest BCUT2D eigenvalue weighted by Gasteiger charge is -2.25. The van der Waals surface area contributed by atoms with E-state index in [0.29, 0.717) is 19.2 Å². The molecule has 2 aliphatic rings. The van der Waals surface area contributed by atoms with Crippen LogP contribution in [0.3, 0.4) is 0 Å². The van der Waals surface area contributed by atoms with Gasteiger partial charge in [-0.15, -0.1) is 0 Å². The number of ether oxygens (including phenoxy) is 1. The third kappa shape index (κ3) is 3.24. The van der Waals surface area contributed by atoms with Gasteiger partial charge in [0, 0.05) is 31.1 Å². The Morgan fingerprint density at radius 2 is 2.23 bits per heavy atom. The predicted molar refractivity (Wildman–Crippen MR) is 99.2 cm³/mol. The highest BCUT2D eigenvalue weighted by Gasteiger charge is 2.29. The van der Waals surface area contributed by atoms with Gasteiger partial charge in [0.25, 0.3) is 5.91 Å². The largest absolute Gasteiger partial charge is 0.385 e. The van der Waals surface area contributed by atoms with Crippen molar-refractivity contribution in [3.05, 3.63) is 35.5 Å². The number of benzene rings is 1. The van der Waals surface area contributed by atoms with Gasteiger partial charge in [-0.2, -0.15) is 0 Å². The molecular weight excluding hydrogens is 330 g/mol. The Kier molecular flexibility index (Phi) is 4.98. The standard InChI is InChI=1S/C20H27N3O3/c1-22-9-8-17-16-6-2-3-7-18(16)23(19(17)20(22)25)13-14(24)11-21-12-15-5-4-10-26-15/h2-3,6-7,14-15,21,24H,4-5,8-13H2,1H3/p+1/t14-,15-/m0/s1. The zero-order chi connectivity index (χ0) is 18.1. The van der Waals surface area contributed by atoms with Gasteiger partial charge in [0.15, 0.2) is 0 Å². The summed E-state index contributed by atoms with van der Waals surface area (Å²) in [4.78, 5) is 14.5. The lowest BCUT2D eigenvalue weighted by molar-refractivity contribution is -0.666. The molecule has 1 aromatic carbocycles. The van der Waals surface area contributed by atoms with Crippen LogP contribution in [0, 0.1) is 0 Å². The molecule has 1 fully saturated rings. The number of carbonyl (C=O) groups excluding carboxylic acids is 1. The number of fused-ring (bicyclic) bond motifs is 3. The molecule has 0 bridgehead atoms. The number of quaternary nitrogens is 1. The second-order valence-electron chi connectivity index (χ2n) is 7.48. The van der Waals surface area contributed by atoms with Crippen LogP contribution in [0.25, 0.3) is 10.9 Å². The molecule has 2 atom stereocenters. The Balaban J connectivity index is 1.53. The predicted octanol–water partition coefficient (Wildman–Crippen LogP) is 0.373. The van der Waals surface area contributed by atoms with Gasteiger partial charge in [0.05, 0.1) is 6.54 Å². The Morgan fingerprint density at radius 3 is 3.04 bits per heavy atom. The number of rotatable bonds is 6. The monoisotopic (exact) mass is 358 g/mol. The zero-order valence-corrected chi connectivity index (χ0v) is 15.4. The summed E-state index contributed by atoms with van der Waals surface area (Å²) in [5, 5.41) is 13.9. The normalized spacial score (nSPS) is 21.4. The van der Waals surface area contributed by atoms with Crippen molar-refractivity contribution in [2.24, 2.45) is 0 Å². The molecule has 3 heterocycles. The van der Waals surface area contributed by atoms with Crippen molar-refractivity contribution in [1.82, 2.24) is 9.47 Å². The van der Waals surface area contributed by atoms with E-state index in [1.165, 1.54) is 0 Å². The van der Waals surface area contributed by atoms with Crippen LogP contribution in [0.1, 0.15) is 28.9 Å². The number of likely N-dealkylation sites (N-methyl/N-ethyl adjacent to an activating group) is 1. The summed E-state index contributed by atoms with van der Waals surface area (Å²) >= 11 is 0. The van der Waals surface area contributed by atoms with Gasteiger partial charge in [-0.25, -0.2) is 0 Å². The zero-order valence-electron chi connectivity index (χ0n) is 15.4. The fourth-order valence-electron chi connectivity index (χ4n) is 4.21. The highest BCUT2D eigenvalue weighted by molar-refractivity contribution is 6.02. The molecule has 26 heavy (non-hydrogen) atoms. The molecule has 0 spiro atoms. The molecule has 6 heteroatoms. The Labute approximate surface area is 153 Å². The average Bonchev–Trinajstić information content (AvgIpc) is 3.26. The quantitative estimate of drug-likeness (QED) is 0.784. The molecule has 0 radical (unpaired) electrons. The van der Waals surface area contributed by atoms with Crippen molar-refractivity contribution in [1.29, 1.82) is 0 Å². The van der Waals surface area contributed by atoms with Gasteiger partial charge < -0.3 is 24.6 Å². The SMILES string of the molecule is CN1CCc2c(n(C[C@@H](O)C[NH2+]C[C@@H]3CCCO3)c3ccccc23)C1=O. The third-order valence-corrected chi connectivity index (χ3v) is 5.61. The van der Waals surface area contributed by atoms with Crippen LogP contribution in [-0.2, 0) is 17.7 Å². The van der Waals surface area contributed by atoms with E-state index in [0.717, 1.165) is 61.1 Å². The molecule has 0 aliphatic carbocycles. The van der Waals surface area contributed by atoms with E-state index in [1.54, 1.807) is 4.90 Å². The number of nitrogens with zero attached hydrogens (tertiary/aromatic N) is 2. The molecule has 140 valence electrons. The molecule has 0 unspecified atom stereocenters. The van der Waals surface area contributed by atoms with E-state index >= 15 is 0 Å². The first-order valence-electron chi connectivity index (χ1n) is 9.62. The van der Waals surface area contributed by atoms with Gasteiger partial charge in [-0.1, -0.05) is 18.2 Å². The van der Waals surface area contributed by atoms with Crippen molar-refractivity contribution < 1.29 is 20.0 Å². The first-order chi connectivity index (χ1) is 12.6. The number of amides is 1. The van der Waals surface area contributed by atoms with Crippen molar-refractivity contribution >= 4 is 16.8 Å². The van der Waals surface area contributed by atoms with Crippen molar-refractivity contribution in [2.75, 3.05) is 33.3 Å². The van der Waals surface area contributed by atoms with E-state index in [2.05, 4.69) is 11.4 Å². The van der Waals surface area contributed by atoms with Crippen LogP contribution in [0.2, 0.25) is 0 Å². The maximum absolute atomic E-state index is 12.8. The minimum Gasteiger partial charge on any atom is -0.385 e. The van der Waals surface area contributed by atoms with Gasteiger partial charge in [0.2, 0.25) is 0 Å². The summed E-state index contributed by atoms with van der Waals surface area (Å²) in [6.45, 7) is 3.56. The molecule has 1 saturated heterocycles. The molecule has 0 saturated carbocycles. The summed E-state index contributed by atoms with van der Waals surface area (Å²) < 4.78 is 7.65.